The molecule has 0 aliphatic carbocycles. The molecule has 4 nitrogen and oxygen atoms in total. The van der Waals surface area contributed by atoms with Crippen molar-refractivity contribution in [2.45, 2.75) is 25.8 Å². The maximum absolute atomic E-state index is 4.37. The third-order valence-electron chi connectivity index (χ3n) is 2.55. The molecular weight excluding hydrogens is 256 g/mol. The molecule has 1 atom stereocenters. The SMILES string of the molecule is Cc1nc(NC2CCCNC2)ncc1Br. The predicted molar refractivity (Wildman–Crippen MR) is 64.0 cm³/mol. The second kappa shape index (κ2) is 4.90. The molecule has 82 valence electrons. The number of piperidine rings is 1. The number of aromatic nitrogens is 2. The zero-order chi connectivity index (χ0) is 10.7. The van der Waals surface area contributed by atoms with E-state index in [1.54, 1.807) is 6.20 Å². The molecule has 0 amide bonds. The maximum atomic E-state index is 4.37. The summed E-state index contributed by atoms with van der Waals surface area (Å²) in [6.45, 7) is 4.09. The van der Waals surface area contributed by atoms with E-state index in [4.69, 9.17) is 0 Å². The first-order valence-electron chi connectivity index (χ1n) is 5.22. The van der Waals surface area contributed by atoms with Crippen molar-refractivity contribution < 1.29 is 0 Å². The Morgan fingerprint density at radius 3 is 3.13 bits per heavy atom. The van der Waals surface area contributed by atoms with Crippen molar-refractivity contribution in [3.05, 3.63) is 16.4 Å². The smallest absolute Gasteiger partial charge is 0.223 e. The van der Waals surface area contributed by atoms with Crippen LogP contribution in [-0.4, -0.2) is 29.1 Å². The van der Waals surface area contributed by atoms with Crippen molar-refractivity contribution in [3.63, 3.8) is 0 Å². The maximum Gasteiger partial charge on any atom is 0.223 e. The van der Waals surface area contributed by atoms with Gasteiger partial charge < -0.3 is 10.6 Å². The lowest BCUT2D eigenvalue weighted by atomic mass is 10.1. The molecule has 1 aromatic heterocycles. The van der Waals surface area contributed by atoms with Crippen LogP contribution < -0.4 is 10.6 Å². The zero-order valence-electron chi connectivity index (χ0n) is 8.76. The van der Waals surface area contributed by atoms with E-state index in [9.17, 15) is 0 Å². The minimum absolute atomic E-state index is 0.458. The molecule has 0 spiro atoms. The van der Waals surface area contributed by atoms with E-state index >= 15 is 0 Å². The molecule has 0 bridgehead atoms. The number of aryl methyl sites for hydroxylation is 1. The van der Waals surface area contributed by atoms with Gasteiger partial charge in [-0.05, 0) is 42.2 Å². The quantitative estimate of drug-likeness (QED) is 0.859. The number of hydrogen-bond acceptors (Lipinski definition) is 4. The Bertz CT molecular complexity index is 336. The van der Waals surface area contributed by atoms with E-state index < -0.39 is 0 Å². The van der Waals surface area contributed by atoms with Gasteiger partial charge in [0, 0.05) is 18.8 Å². The van der Waals surface area contributed by atoms with Crippen LogP contribution >= 0.6 is 15.9 Å². The van der Waals surface area contributed by atoms with Crippen molar-refractivity contribution in [2.24, 2.45) is 0 Å². The third-order valence-corrected chi connectivity index (χ3v) is 3.33. The summed E-state index contributed by atoms with van der Waals surface area (Å²) in [7, 11) is 0. The first-order chi connectivity index (χ1) is 7.25. The van der Waals surface area contributed by atoms with Crippen LogP contribution in [0.2, 0.25) is 0 Å². The summed E-state index contributed by atoms with van der Waals surface area (Å²) in [6.07, 6.45) is 4.19. The molecule has 1 fully saturated rings. The fraction of sp³-hybridized carbons (Fsp3) is 0.600. The minimum Gasteiger partial charge on any atom is -0.350 e. The molecule has 0 radical (unpaired) electrons. The van der Waals surface area contributed by atoms with Crippen molar-refractivity contribution in [2.75, 3.05) is 18.4 Å². The highest BCUT2D eigenvalue weighted by Gasteiger charge is 2.13. The van der Waals surface area contributed by atoms with Gasteiger partial charge >= 0.3 is 0 Å². The first kappa shape index (κ1) is 10.8. The van der Waals surface area contributed by atoms with Gasteiger partial charge in [0.25, 0.3) is 0 Å². The van der Waals surface area contributed by atoms with Gasteiger partial charge in [0.15, 0.2) is 0 Å². The average molecular weight is 271 g/mol. The average Bonchev–Trinajstić information content (AvgIpc) is 2.25. The van der Waals surface area contributed by atoms with Gasteiger partial charge in [-0.1, -0.05) is 0 Å². The molecule has 2 heterocycles. The highest BCUT2D eigenvalue weighted by molar-refractivity contribution is 9.10. The number of anilines is 1. The van der Waals surface area contributed by atoms with Gasteiger partial charge in [0.2, 0.25) is 5.95 Å². The Balaban J connectivity index is 2.00. The molecule has 0 saturated carbocycles. The number of halogens is 1. The summed E-state index contributed by atoms with van der Waals surface area (Å²) in [5.41, 5.74) is 0.969. The lowest BCUT2D eigenvalue weighted by Gasteiger charge is -2.23. The molecule has 1 aliphatic heterocycles. The molecule has 2 N–H and O–H groups in total. The molecule has 5 heteroatoms. The fourth-order valence-corrected chi connectivity index (χ4v) is 1.87. The summed E-state index contributed by atoms with van der Waals surface area (Å²) in [5.74, 6) is 0.726. The molecule has 1 saturated heterocycles. The largest absolute Gasteiger partial charge is 0.350 e. The molecule has 1 aliphatic rings. The van der Waals surface area contributed by atoms with Crippen molar-refractivity contribution in [3.8, 4) is 0 Å². The van der Waals surface area contributed by atoms with E-state index in [0.717, 1.165) is 29.2 Å². The van der Waals surface area contributed by atoms with Crippen LogP contribution in [0.15, 0.2) is 10.7 Å². The van der Waals surface area contributed by atoms with E-state index in [1.165, 1.54) is 12.8 Å². The molecule has 1 aromatic rings. The fourth-order valence-electron chi connectivity index (χ4n) is 1.68. The van der Waals surface area contributed by atoms with Crippen LogP contribution in [0.25, 0.3) is 0 Å². The van der Waals surface area contributed by atoms with Crippen LogP contribution in [0.4, 0.5) is 5.95 Å². The second-order valence-corrected chi connectivity index (χ2v) is 4.67. The van der Waals surface area contributed by atoms with Crippen LogP contribution in [0.3, 0.4) is 0 Å². The highest BCUT2D eigenvalue weighted by atomic mass is 79.9. The summed E-state index contributed by atoms with van der Waals surface area (Å²) in [6, 6.07) is 0.458. The minimum atomic E-state index is 0.458. The van der Waals surface area contributed by atoms with E-state index in [1.807, 2.05) is 6.92 Å². The van der Waals surface area contributed by atoms with Gasteiger partial charge in [-0.2, -0.15) is 0 Å². The molecule has 0 aromatic carbocycles. The van der Waals surface area contributed by atoms with Crippen LogP contribution in [0, 0.1) is 6.92 Å². The van der Waals surface area contributed by atoms with Gasteiger partial charge in [0.05, 0.1) is 10.2 Å². The topological polar surface area (TPSA) is 49.8 Å². The van der Waals surface area contributed by atoms with Crippen LogP contribution in [0.1, 0.15) is 18.5 Å². The van der Waals surface area contributed by atoms with Crippen molar-refractivity contribution in [1.82, 2.24) is 15.3 Å². The monoisotopic (exact) mass is 270 g/mol. The number of nitrogens with one attached hydrogen (secondary N) is 2. The number of rotatable bonds is 2. The van der Waals surface area contributed by atoms with Gasteiger partial charge in [-0.15, -0.1) is 0 Å². The van der Waals surface area contributed by atoms with Gasteiger partial charge in [0.1, 0.15) is 0 Å². The Kier molecular flexibility index (Phi) is 3.53. The number of nitrogens with zero attached hydrogens (tertiary/aromatic N) is 2. The molecule has 15 heavy (non-hydrogen) atoms. The Labute approximate surface area is 98.0 Å². The van der Waals surface area contributed by atoms with Crippen LogP contribution in [0.5, 0.6) is 0 Å². The van der Waals surface area contributed by atoms with Gasteiger partial charge in [-0.25, -0.2) is 9.97 Å². The van der Waals surface area contributed by atoms with E-state index in [0.29, 0.717) is 6.04 Å². The first-order valence-corrected chi connectivity index (χ1v) is 6.01. The van der Waals surface area contributed by atoms with Gasteiger partial charge in [-0.3, -0.25) is 0 Å². The summed E-state index contributed by atoms with van der Waals surface area (Å²) < 4.78 is 0.954. The summed E-state index contributed by atoms with van der Waals surface area (Å²) in [4.78, 5) is 8.61. The predicted octanol–water partition coefficient (Wildman–Crippen LogP) is 1.71. The Hall–Kier alpha value is -0.680. The molecular formula is C10H15BrN4. The third kappa shape index (κ3) is 2.89. The molecule has 1 unspecified atom stereocenters. The Morgan fingerprint density at radius 1 is 1.60 bits per heavy atom. The van der Waals surface area contributed by atoms with Crippen molar-refractivity contribution >= 4 is 21.9 Å². The lowest BCUT2D eigenvalue weighted by Crippen LogP contribution is -2.38. The molecule has 2 rings (SSSR count). The standard InChI is InChI=1S/C10H15BrN4/c1-7-9(11)6-13-10(14-7)15-8-3-2-4-12-5-8/h6,8,12H,2-5H2,1H3,(H,13,14,15). The van der Waals surface area contributed by atoms with E-state index in [-0.39, 0.29) is 0 Å². The lowest BCUT2D eigenvalue weighted by molar-refractivity contribution is 0.478. The number of hydrogen-bond donors (Lipinski definition) is 2. The van der Waals surface area contributed by atoms with E-state index in [2.05, 4.69) is 36.5 Å². The zero-order valence-corrected chi connectivity index (χ0v) is 10.3. The summed E-state index contributed by atoms with van der Waals surface area (Å²) >= 11 is 3.39. The van der Waals surface area contributed by atoms with Crippen molar-refractivity contribution in [1.29, 1.82) is 0 Å². The highest BCUT2D eigenvalue weighted by Crippen LogP contribution is 2.14. The Morgan fingerprint density at radius 2 is 2.47 bits per heavy atom. The second-order valence-electron chi connectivity index (χ2n) is 3.81. The van der Waals surface area contributed by atoms with Crippen LogP contribution in [-0.2, 0) is 0 Å². The summed E-state index contributed by atoms with van der Waals surface area (Å²) in [5, 5.41) is 6.70. The normalized spacial score (nSPS) is 21.3.